The number of ether oxygens (including phenoxy) is 15. The quantitative estimate of drug-likeness (QED) is 0.0235. The van der Waals surface area contributed by atoms with Gasteiger partial charge in [-0.05, 0) is 108 Å². The van der Waals surface area contributed by atoms with Crippen molar-refractivity contribution >= 4 is 86.9 Å². The lowest BCUT2D eigenvalue weighted by atomic mass is 9.94. The molecule has 0 radical (unpaired) electrons. The number of carbonyl (C=O) groups is 4. The molecule has 0 aromatic heterocycles. The molecule has 0 saturated carbocycles. The Morgan fingerprint density at radius 2 is 0.664 bits per heavy atom. The predicted octanol–water partition coefficient (Wildman–Crippen LogP) is 11.4. The van der Waals surface area contributed by atoms with Gasteiger partial charge in [-0.3, -0.25) is 19.2 Å². The van der Waals surface area contributed by atoms with Crippen LogP contribution in [0.15, 0.2) is 202 Å². The third-order valence-electron chi connectivity index (χ3n) is 19.2. The fourth-order valence-corrected chi connectivity index (χ4v) is 18.0. The maximum Gasteiger partial charge on any atom is 0.303 e. The molecule has 0 aliphatic carbocycles. The number of alkyl halides is 1. The summed E-state index contributed by atoms with van der Waals surface area (Å²) in [6.07, 6.45) is -13.1. The van der Waals surface area contributed by atoms with Gasteiger partial charge in [0.15, 0.2) is 18.3 Å². The molecular formula is C83H107BrO25S4. The van der Waals surface area contributed by atoms with Crippen molar-refractivity contribution in [2.75, 3.05) is 14.2 Å². The number of aliphatic hydroxyl groups excluding tert-OH is 6. The third kappa shape index (κ3) is 26.4. The molecular weight excluding hydrogens is 1610 g/mol. The molecule has 6 fully saturated rings. The third-order valence-corrected chi connectivity index (χ3v) is 24.9. The van der Waals surface area contributed by atoms with E-state index in [-0.39, 0.29) is 28.6 Å². The summed E-state index contributed by atoms with van der Waals surface area (Å²) in [5.41, 5.74) is 0.124. The van der Waals surface area contributed by atoms with Crippen molar-refractivity contribution in [1.29, 1.82) is 0 Å². The highest BCUT2D eigenvalue weighted by molar-refractivity contribution is 9.09. The lowest BCUT2D eigenvalue weighted by Crippen LogP contribution is -2.71. The number of rotatable bonds is 20. The lowest BCUT2D eigenvalue weighted by Gasteiger charge is -2.56. The molecule has 113 heavy (non-hydrogen) atoms. The Hall–Kier alpha value is -5.60. The van der Waals surface area contributed by atoms with E-state index >= 15 is 0 Å². The van der Waals surface area contributed by atoms with E-state index in [1.165, 1.54) is 81.9 Å². The van der Waals surface area contributed by atoms with Crippen molar-refractivity contribution in [1.82, 2.24) is 0 Å². The molecule has 6 N–H and O–H groups in total. The van der Waals surface area contributed by atoms with Crippen LogP contribution in [-0.2, 0) is 103 Å². The molecule has 6 heterocycles. The first kappa shape index (κ1) is 92.9. The van der Waals surface area contributed by atoms with E-state index in [1.807, 2.05) is 196 Å². The van der Waals surface area contributed by atoms with Crippen molar-refractivity contribution in [3.63, 3.8) is 0 Å². The van der Waals surface area contributed by atoms with Gasteiger partial charge in [-0.15, -0.1) is 0 Å². The second-order valence-electron chi connectivity index (χ2n) is 27.8. The molecule has 6 aromatic carbocycles. The summed E-state index contributed by atoms with van der Waals surface area (Å²) in [7, 11) is 3.08. The van der Waals surface area contributed by atoms with Gasteiger partial charge in [0, 0.05) is 67.4 Å². The number of fused-ring (bicyclic) bond motifs is 1. The molecule has 30 heteroatoms. The van der Waals surface area contributed by atoms with E-state index in [2.05, 4.69) is 15.9 Å². The Labute approximate surface area is 686 Å². The second-order valence-corrected chi connectivity index (χ2v) is 33.4. The summed E-state index contributed by atoms with van der Waals surface area (Å²) in [5, 5.41) is 60.3. The maximum absolute atomic E-state index is 11.9. The maximum atomic E-state index is 11.9. The Morgan fingerprint density at radius 1 is 0.354 bits per heavy atom. The lowest BCUT2D eigenvalue weighted by molar-refractivity contribution is -0.468. The number of benzene rings is 6. The Balaban J connectivity index is 0.000000180. The van der Waals surface area contributed by atoms with Crippen molar-refractivity contribution < 1.29 is 121 Å². The number of thioether (sulfide) groups is 4. The molecule has 12 rings (SSSR count). The minimum absolute atomic E-state index is 0.0977. The van der Waals surface area contributed by atoms with E-state index in [1.54, 1.807) is 48.7 Å². The minimum Gasteiger partial charge on any atom is -0.458 e. The van der Waals surface area contributed by atoms with Crippen LogP contribution in [0.3, 0.4) is 0 Å². The van der Waals surface area contributed by atoms with E-state index < -0.39 is 156 Å². The fourth-order valence-electron chi connectivity index (χ4n) is 12.8. The van der Waals surface area contributed by atoms with Crippen LogP contribution in [0.2, 0.25) is 0 Å². The van der Waals surface area contributed by atoms with E-state index in [4.69, 9.17) is 71.1 Å². The molecule has 0 spiro atoms. The van der Waals surface area contributed by atoms with Gasteiger partial charge in [-0.1, -0.05) is 203 Å². The first-order chi connectivity index (χ1) is 53.8. The molecule has 0 amide bonds. The number of hydrogen-bond acceptors (Lipinski definition) is 29. The zero-order chi connectivity index (χ0) is 82.3. The van der Waals surface area contributed by atoms with Gasteiger partial charge in [-0.25, -0.2) is 0 Å². The summed E-state index contributed by atoms with van der Waals surface area (Å²) < 4.78 is 86.2. The Bertz CT molecular complexity index is 3810. The van der Waals surface area contributed by atoms with Crippen LogP contribution in [0.25, 0.3) is 0 Å². The molecule has 6 aliphatic heterocycles. The molecule has 0 unspecified atom stereocenters. The van der Waals surface area contributed by atoms with E-state index in [9.17, 15) is 49.8 Å². The summed E-state index contributed by atoms with van der Waals surface area (Å²) in [6, 6.07) is 58.4. The van der Waals surface area contributed by atoms with Crippen molar-refractivity contribution in [2.24, 2.45) is 5.92 Å². The summed E-state index contributed by atoms with van der Waals surface area (Å²) >= 11 is 9.15. The molecule has 6 aliphatic rings. The molecule has 620 valence electrons. The van der Waals surface area contributed by atoms with Crippen LogP contribution in [0, 0.1) is 5.92 Å². The smallest absolute Gasteiger partial charge is 0.303 e. The van der Waals surface area contributed by atoms with Crippen LogP contribution >= 0.6 is 63.0 Å². The standard InChI is InChI=1S/C23H26O6S.C19H22O4S.C18H26O6S.C12H16O4S.C11H17BrO5/c1-15-20(28-16(2)24)21(29-17(3)25)22(26-14-18-10-6-4-7-11-18)23(27-15)30-19-12-8-5-9-13-19;1-13-16(20)17(21)18(22-12-14-8-4-2-5-9-14)19(23-13)24-15-10-6-3-7-11-15;1-11-14-15(24-18(3,21-5)17(2,20-4)23-14)13(19)16(22-11)25-12-9-7-6-8-10-12;1-7-9(13)10(14)11(15)12(16-7)17-8-5-3-2-4-6-8;1-5-9(16-7(3)13)10(17-8(4)14)6(2)15-11(5)12/h4-13,15,20-23H,14H2,1-3H3;2-11,13,16-21H,12H2,1H3;6-11,13-16,19H,1-5H3;2-7,9-15H,1H3;5-6,9-11H,1-4H3/t15-,20-,21+,22+,23-;13-,16-,17+,18+,19-;11-,13+,14-,15-,16-,17+,18+;7-,9-,10+,11+,12-;5-,6+,9+,10+,11-/m00001/s1. The van der Waals surface area contributed by atoms with Gasteiger partial charge in [0.2, 0.25) is 11.6 Å². The Morgan fingerprint density at radius 3 is 1.08 bits per heavy atom. The van der Waals surface area contributed by atoms with E-state index in [0.717, 1.165) is 30.7 Å². The number of halogens is 1. The number of aliphatic hydroxyl groups is 6. The van der Waals surface area contributed by atoms with Crippen LogP contribution < -0.4 is 0 Å². The van der Waals surface area contributed by atoms with Gasteiger partial charge < -0.3 is 102 Å². The zero-order valence-electron chi connectivity index (χ0n) is 65.6. The summed E-state index contributed by atoms with van der Waals surface area (Å²) in [5.74, 6) is -4.11. The van der Waals surface area contributed by atoms with E-state index in [0.29, 0.717) is 13.2 Å². The Kier molecular flexibility index (Phi) is 36.8. The number of esters is 4. The molecule has 27 atom stereocenters. The van der Waals surface area contributed by atoms with Crippen molar-refractivity contribution in [3.05, 3.63) is 193 Å². The molecule has 6 saturated heterocycles. The first-order valence-corrected chi connectivity index (χ1v) is 41.6. The number of hydrogen-bond donors (Lipinski definition) is 6. The van der Waals surface area contributed by atoms with Gasteiger partial charge in [0.25, 0.3) is 0 Å². The summed E-state index contributed by atoms with van der Waals surface area (Å²) in [6.45, 7) is 20.3. The van der Waals surface area contributed by atoms with Crippen LogP contribution in [0.5, 0.6) is 0 Å². The highest BCUT2D eigenvalue weighted by Crippen LogP contribution is 2.47. The number of methoxy groups -OCH3 is 2. The summed E-state index contributed by atoms with van der Waals surface area (Å²) in [4.78, 5) is 49.7. The highest BCUT2D eigenvalue weighted by Gasteiger charge is 2.62. The minimum atomic E-state index is -1.17. The van der Waals surface area contributed by atoms with Crippen molar-refractivity contribution in [2.45, 2.75) is 270 Å². The van der Waals surface area contributed by atoms with Crippen molar-refractivity contribution in [3.8, 4) is 0 Å². The average molecular weight is 1710 g/mol. The van der Waals surface area contributed by atoms with Gasteiger partial charge in [0.05, 0.1) is 43.7 Å². The number of carbonyl (C=O) groups excluding carboxylic acids is 4. The van der Waals surface area contributed by atoms with Gasteiger partial charge in [-0.2, -0.15) is 0 Å². The fraction of sp³-hybridized carbons (Fsp3) is 0.518. The topological polar surface area (TPSA) is 328 Å². The predicted molar refractivity (Wildman–Crippen MR) is 428 cm³/mol. The SMILES string of the molecule is CC(=O)O[C@@H]1[C@@H](OC(C)=O)[C@@H](C)[C@H](Br)O[C@H]1C.CC(=O)O[C@@H]1[C@@H](OC(C)=O)[C@H](C)O[C@@H](Sc2ccccc2)[C@@H]1OCc1ccccc1.CO[C@]1(C)O[C@@H]2[C@@H](O[C@@]1(C)OC)[C@@H](O)[C@H](Sc1ccccc1)O[C@H]2C.C[C@@H]1O[C@@H](Sc2ccccc2)[C@H](O)[C@H](O)[C@H]1O.C[C@@H]1O[C@@H](Sc2ccccc2)[C@H](OCc2ccccc2)[C@H](O)[C@H]1O. The monoisotopic (exact) mass is 1710 g/mol. The first-order valence-electron chi connectivity index (χ1n) is 37.2. The molecule has 25 nitrogen and oxygen atoms in total. The van der Waals surface area contributed by atoms with Crippen LogP contribution in [0.1, 0.15) is 94.2 Å². The second kappa shape index (κ2) is 44.8. The normalized spacial score (nSPS) is 34.5. The van der Waals surface area contributed by atoms with Crippen LogP contribution in [0.4, 0.5) is 0 Å². The van der Waals surface area contributed by atoms with Gasteiger partial charge in [0.1, 0.15) is 93.9 Å². The molecule has 0 bridgehead atoms. The highest BCUT2D eigenvalue weighted by atomic mass is 79.9. The molecule has 6 aromatic rings. The largest absolute Gasteiger partial charge is 0.458 e. The van der Waals surface area contributed by atoms with Crippen LogP contribution in [-0.4, -0.2) is 223 Å². The average Bonchev–Trinajstić information content (AvgIpc) is 0.733. The zero-order valence-corrected chi connectivity index (χ0v) is 70.5. The van der Waals surface area contributed by atoms with Gasteiger partial charge >= 0.3 is 23.9 Å².